The molecule has 0 radical (unpaired) electrons. The maximum absolute atomic E-state index is 12.8. The van der Waals surface area contributed by atoms with E-state index in [1.165, 1.54) is 19.3 Å². The van der Waals surface area contributed by atoms with Crippen LogP contribution in [-0.2, 0) is 0 Å². The van der Waals surface area contributed by atoms with Gasteiger partial charge in [-0.25, -0.2) is 9.18 Å². The van der Waals surface area contributed by atoms with Gasteiger partial charge in [0, 0.05) is 13.2 Å². The molecule has 1 aromatic rings. The second kappa shape index (κ2) is 3.66. The number of nitrogens with zero attached hydrogens (tertiary/aromatic N) is 1. The summed E-state index contributed by atoms with van der Waals surface area (Å²) in [6, 6.07) is 0.921. The van der Waals surface area contributed by atoms with E-state index in [1.807, 2.05) is 0 Å². The van der Waals surface area contributed by atoms with Gasteiger partial charge in [0.15, 0.2) is 5.82 Å². The molecule has 0 spiro atoms. The van der Waals surface area contributed by atoms with Crippen LogP contribution in [0.4, 0.5) is 14.9 Å². The monoisotopic (exact) mass is 169 g/mol. The van der Waals surface area contributed by atoms with Crippen molar-refractivity contribution in [3.63, 3.8) is 0 Å². The number of rotatable bonds is 1. The van der Waals surface area contributed by atoms with E-state index in [9.17, 15) is 9.18 Å². The molecule has 0 saturated carbocycles. The molecule has 2 amide bonds. The lowest BCUT2D eigenvalue weighted by Gasteiger charge is -2.03. The summed E-state index contributed by atoms with van der Waals surface area (Å²) in [4.78, 5) is 14.3. The highest BCUT2D eigenvalue weighted by molar-refractivity contribution is 5.88. The minimum absolute atomic E-state index is 0.115. The molecule has 0 aliphatic rings. The second-order valence-corrected chi connectivity index (χ2v) is 2.06. The molecule has 1 rings (SSSR count). The van der Waals surface area contributed by atoms with E-state index in [2.05, 4.69) is 15.6 Å². The number of hydrogen-bond donors (Lipinski definition) is 2. The first-order chi connectivity index (χ1) is 5.74. The number of carbonyl (C=O) groups is 1. The van der Waals surface area contributed by atoms with Gasteiger partial charge in [-0.1, -0.05) is 0 Å². The standard InChI is InChI=1S/C7H8FN3O/c1-9-7(12)11-6-2-3-10-4-5(6)8/h2-4H,1H3,(H2,9,10,11,12). The molecule has 0 aromatic carbocycles. The Morgan fingerprint density at radius 3 is 3.00 bits per heavy atom. The van der Waals surface area contributed by atoms with Crippen molar-refractivity contribution in [2.75, 3.05) is 12.4 Å². The van der Waals surface area contributed by atoms with Gasteiger partial charge < -0.3 is 10.6 Å². The van der Waals surface area contributed by atoms with E-state index in [0.717, 1.165) is 6.20 Å². The number of amides is 2. The molecule has 0 aliphatic heterocycles. The number of urea groups is 1. The van der Waals surface area contributed by atoms with Gasteiger partial charge in [-0.15, -0.1) is 0 Å². The van der Waals surface area contributed by atoms with Crippen molar-refractivity contribution >= 4 is 11.7 Å². The molecular formula is C7H8FN3O. The van der Waals surface area contributed by atoms with Crippen LogP contribution in [0.3, 0.4) is 0 Å². The zero-order valence-corrected chi connectivity index (χ0v) is 6.47. The van der Waals surface area contributed by atoms with Crippen molar-refractivity contribution in [3.05, 3.63) is 24.3 Å². The molecule has 5 heteroatoms. The molecule has 2 N–H and O–H groups in total. The normalized spacial score (nSPS) is 9.17. The first kappa shape index (κ1) is 8.45. The number of aromatic nitrogens is 1. The predicted molar refractivity (Wildman–Crippen MR) is 42.3 cm³/mol. The van der Waals surface area contributed by atoms with Gasteiger partial charge in [0.05, 0.1) is 11.9 Å². The first-order valence-electron chi connectivity index (χ1n) is 3.32. The number of carbonyl (C=O) groups excluding carboxylic acids is 1. The molecule has 64 valence electrons. The molecule has 12 heavy (non-hydrogen) atoms. The molecular weight excluding hydrogens is 161 g/mol. The molecule has 0 unspecified atom stereocenters. The molecule has 0 atom stereocenters. The van der Waals surface area contributed by atoms with Crippen LogP contribution in [0.5, 0.6) is 0 Å². The SMILES string of the molecule is CNC(=O)Nc1ccncc1F. The van der Waals surface area contributed by atoms with Crippen LogP contribution in [0.15, 0.2) is 18.5 Å². The van der Waals surface area contributed by atoms with Crippen molar-refractivity contribution < 1.29 is 9.18 Å². The highest BCUT2D eigenvalue weighted by Crippen LogP contribution is 2.09. The minimum Gasteiger partial charge on any atom is -0.341 e. The third-order valence-electron chi connectivity index (χ3n) is 1.25. The van der Waals surface area contributed by atoms with Crippen LogP contribution in [0.2, 0.25) is 0 Å². The van der Waals surface area contributed by atoms with Crippen LogP contribution >= 0.6 is 0 Å². The lowest BCUT2D eigenvalue weighted by atomic mass is 10.4. The zero-order chi connectivity index (χ0) is 8.97. The van der Waals surface area contributed by atoms with Gasteiger partial charge in [0.1, 0.15) is 0 Å². The van der Waals surface area contributed by atoms with Crippen LogP contribution < -0.4 is 10.6 Å². The summed E-state index contributed by atoms with van der Waals surface area (Å²) in [5.74, 6) is -0.555. The Morgan fingerprint density at radius 1 is 1.67 bits per heavy atom. The highest BCUT2D eigenvalue weighted by atomic mass is 19.1. The van der Waals surface area contributed by atoms with E-state index in [4.69, 9.17) is 0 Å². The summed E-state index contributed by atoms with van der Waals surface area (Å²) in [6.07, 6.45) is 2.43. The Kier molecular flexibility index (Phi) is 2.57. The average molecular weight is 169 g/mol. The van der Waals surface area contributed by atoms with Crippen molar-refractivity contribution in [3.8, 4) is 0 Å². The summed E-state index contributed by atoms with van der Waals surface area (Å²) < 4.78 is 12.8. The van der Waals surface area contributed by atoms with Crippen molar-refractivity contribution in [1.29, 1.82) is 0 Å². The topological polar surface area (TPSA) is 54.0 Å². The van der Waals surface area contributed by atoms with E-state index >= 15 is 0 Å². The number of halogens is 1. The fraction of sp³-hybridized carbons (Fsp3) is 0.143. The quantitative estimate of drug-likeness (QED) is 0.658. The molecule has 1 aromatic heterocycles. The number of nitrogens with one attached hydrogen (secondary N) is 2. The summed E-state index contributed by atoms with van der Waals surface area (Å²) >= 11 is 0. The van der Waals surface area contributed by atoms with Gasteiger partial charge in [-0.2, -0.15) is 0 Å². The second-order valence-electron chi connectivity index (χ2n) is 2.06. The molecule has 0 saturated heterocycles. The predicted octanol–water partition coefficient (Wildman–Crippen LogP) is 0.972. The van der Waals surface area contributed by atoms with Gasteiger partial charge in [-0.3, -0.25) is 4.98 Å². The number of hydrogen-bond acceptors (Lipinski definition) is 2. The van der Waals surface area contributed by atoms with Gasteiger partial charge in [-0.05, 0) is 6.07 Å². The maximum Gasteiger partial charge on any atom is 0.319 e. The molecule has 1 heterocycles. The van der Waals surface area contributed by atoms with Crippen molar-refractivity contribution in [1.82, 2.24) is 10.3 Å². The Labute approximate surface area is 68.8 Å². The number of anilines is 1. The van der Waals surface area contributed by atoms with Crippen LogP contribution in [0.1, 0.15) is 0 Å². The van der Waals surface area contributed by atoms with Gasteiger partial charge >= 0.3 is 6.03 Å². The Morgan fingerprint density at radius 2 is 2.42 bits per heavy atom. The van der Waals surface area contributed by atoms with E-state index < -0.39 is 11.8 Å². The molecule has 0 fully saturated rings. The third-order valence-corrected chi connectivity index (χ3v) is 1.25. The summed E-state index contributed by atoms with van der Waals surface area (Å²) in [5, 5.41) is 4.60. The Balaban J connectivity index is 2.75. The zero-order valence-electron chi connectivity index (χ0n) is 6.47. The Hall–Kier alpha value is -1.65. The largest absolute Gasteiger partial charge is 0.341 e. The maximum atomic E-state index is 12.8. The van der Waals surface area contributed by atoms with Crippen LogP contribution in [0, 0.1) is 5.82 Å². The number of pyridine rings is 1. The van der Waals surface area contributed by atoms with E-state index in [1.54, 1.807) is 0 Å². The first-order valence-corrected chi connectivity index (χ1v) is 3.32. The van der Waals surface area contributed by atoms with Gasteiger partial charge in [0.25, 0.3) is 0 Å². The van der Waals surface area contributed by atoms with E-state index in [-0.39, 0.29) is 5.69 Å². The lowest BCUT2D eigenvalue weighted by Crippen LogP contribution is -2.24. The van der Waals surface area contributed by atoms with Gasteiger partial charge in [0.2, 0.25) is 0 Å². The van der Waals surface area contributed by atoms with E-state index in [0.29, 0.717) is 0 Å². The molecule has 0 aliphatic carbocycles. The van der Waals surface area contributed by atoms with Crippen LogP contribution in [-0.4, -0.2) is 18.1 Å². The molecule has 0 bridgehead atoms. The lowest BCUT2D eigenvalue weighted by molar-refractivity contribution is 0.254. The molecule has 4 nitrogen and oxygen atoms in total. The van der Waals surface area contributed by atoms with Crippen LogP contribution in [0.25, 0.3) is 0 Å². The van der Waals surface area contributed by atoms with Crippen molar-refractivity contribution in [2.24, 2.45) is 0 Å². The third kappa shape index (κ3) is 1.91. The van der Waals surface area contributed by atoms with Crippen molar-refractivity contribution in [2.45, 2.75) is 0 Å². The average Bonchev–Trinajstić information content (AvgIpc) is 2.09. The summed E-state index contributed by atoms with van der Waals surface area (Å²) in [5.41, 5.74) is 0.115. The Bertz CT molecular complexity index is 290. The minimum atomic E-state index is -0.555. The smallest absolute Gasteiger partial charge is 0.319 e. The summed E-state index contributed by atoms with van der Waals surface area (Å²) in [6.45, 7) is 0. The summed E-state index contributed by atoms with van der Waals surface area (Å²) in [7, 11) is 1.45. The fourth-order valence-electron chi connectivity index (χ4n) is 0.661. The fourth-order valence-corrected chi connectivity index (χ4v) is 0.661. The highest BCUT2D eigenvalue weighted by Gasteiger charge is 2.03.